The fourth-order valence-corrected chi connectivity index (χ4v) is 4.17. The highest BCUT2D eigenvalue weighted by Gasteiger charge is 2.37. The lowest BCUT2D eigenvalue weighted by Crippen LogP contribution is -2.45. The van der Waals surface area contributed by atoms with Gasteiger partial charge in [0, 0.05) is 12.0 Å². The van der Waals surface area contributed by atoms with Gasteiger partial charge in [-0.25, -0.2) is 0 Å². The van der Waals surface area contributed by atoms with E-state index >= 15 is 0 Å². The van der Waals surface area contributed by atoms with Crippen LogP contribution in [0.3, 0.4) is 0 Å². The molecular formula is C16H21N5OS. The van der Waals surface area contributed by atoms with Crippen LogP contribution >= 0.6 is 11.8 Å². The molecule has 0 radical (unpaired) electrons. The summed E-state index contributed by atoms with van der Waals surface area (Å²) in [6.45, 7) is 0. The fraction of sp³-hybridized carbons (Fsp3) is 0.750. The highest BCUT2D eigenvalue weighted by atomic mass is 32.2. The quantitative estimate of drug-likeness (QED) is 0.810. The first-order valence-electron chi connectivity index (χ1n) is 8.51. The van der Waals surface area contributed by atoms with Crippen LogP contribution in [-0.4, -0.2) is 32.0 Å². The number of nitriles is 1. The molecule has 0 unspecified atom stereocenters. The monoisotopic (exact) mass is 331 g/mol. The van der Waals surface area contributed by atoms with Crippen LogP contribution < -0.4 is 5.32 Å². The van der Waals surface area contributed by atoms with Crippen molar-refractivity contribution in [3.05, 3.63) is 5.82 Å². The Labute approximate surface area is 140 Å². The van der Waals surface area contributed by atoms with Gasteiger partial charge in [-0.15, -0.1) is 10.2 Å². The standard InChI is InChI=1S/C16H21N5OS/c17-10-16(7-1-2-8-16)18-13(22)9-23-15-20-19-14(11-3-4-11)21(15)12-5-6-12/h11-12H,1-9H2,(H,18,22). The Morgan fingerprint density at radius 1 is 1.30 bits per heavy atom. The number of rotatable bonds is 6. The summed E-state index contributed by atoms with van der Waals surface area (Å²) in [4.78, 5) is 12.2. The van der Waals surface area contributed by atoms with Crippen molar-refractivity contribution in [1.29, 1.82) is 5.26 Å². The van der Waals surface area contributed by atoms with Crippen molar-refractivity contribution < 1.29 is 4.79 Å². The molecule has 3 fully saturated rings. The number of hydrogen-bond donors (Lipinski definition) is 1. The molecule has 0 atom stereocenters. The molecule has 0 aromatic carbocycles. The minimum Gasteiger partial charge on any atom is -0.337 e. The van der Waals surface area contributed by atoms with E-state index in [1.807, 2.05) is 0 Å². The molecule has 23 heavy (non-hydrogen) atoms. The van der Waals surface area contributed by atoms with Gasteiger partial charge in [-0.1, -0.05) is 11.8 Å². The van der Waals surface area contributed by atoms with E-state index in [-0.39, 0.29) is 5.91 Å². The van der Waals surface area contributed by atoms with E-state index in [1.165, 1.54) is 37.4 Å². The number of nitrogens with zero attached hydrogens (tertiary/aromatic N) is 4. The molecule has 3 aliphatic rings. The number of thioether (sulfide) groups is 1. The Morgan fingerprint density at radius 2 is 2.04 bits per heavy atom. The second-order valence-corrected chi connectivity index (χ2v) is 7.90. The van der Waals surface area contributed by atoms with Crippen molar-refractivity contribution in [3.63, 3.8) is 0 Å². The van der Waals surface area contributed by atoms with Gasteiger partial charge in [-0.2, -0.15) is 5.26 Å². The molecule has 7 heteroatoms. The van der Waals surface area contributed by atoms with Crippen LogP contribution in [0.2, 0.25) is 0 Å². The normalized spacial score (nSPS) is 22.7. The molecule has 122 valence electrons. The maximum atomic E-state index is 12.2. The van der Waals surface area contributed by atoms with Crippen LogP contribution in [-0.2, 0) is 4.79 Å². The molecule has 1 aromatic heterocycles. The van der Waals surface area contributed by atoms with Gasteiger partial charge in [-0.3, -0.25) is 4.79 Å². The summed E-state index contributed by atoms with van der Waals surface area (Å²) in [6.07, 6.45) is 8.36. The van der Waals surface area contributed by atoms with Crippen LogP contribution in [0.4, 0.5) is 0 Å². The van der Waals surface area contributed by atoms with E-state index in [0.717, 1.165) is 36.7 Å². The van der Waals surface area contributed by atoms with Crippen molar-refractivity contribution in [2.45, 2.75) is 74.0 Å². The van der Waals surface area contributed by atoms with Gasteiger partial charge in [0.25, 0.3) is 0 Å². The predicted molar refractivity (Wildman–Crippen MR) is 85.9 cm³/mol. The van der Waals surface area contributed by atoms with Crippen molar-refractivity contribution in [2.75, 3.05) is 5.75 Å². The van der Waals surface area contributed by atoms with Gasteiger partial charge in [0.1, 0.15) is 11.4 Å². The molecular weight excluding hydrogens is 310 g/mol. The number of aromatic nitrogens is 3. The van der Waals surface area contributed by atoms with E-state index in [4.69, 9.17) is 0 Å². The smallest absolute Gasteiger partial charge is 0.231 e. The Balaban J connectivity index is 1.39. The molecule has 1 N–H and O–H groups in total. The average Bonchev–Trinajstić information content (AvgIpc) is 3.49. The maximum Gasteiger partial charge on any atom is 0.231 e. The number of carbonyl (C=O) groups is 1. The fourth-order valence-electron chi connectivity index (χ4n) is 3.36. The second kappa shape index (κ2) is 5.82. The average molecular weight is 331 g/mol. The van der Waals surface area contributed by atoms with Gasteiger partial charge < -0.3 is 9.88 Å². The molecule has 1 heterocycles. The summed E-state index contributed by atoms with van der Waals surface area (Å²) in [7, 11) is 0. The zero-order chi connectivity index (χ0) is 15.9. The molecule has 0 saturated heterocycles. The van der Waals surface area contributed by atoms with E-state index < -0.39 is 5.54 Å². The van der Waals surface area contributed by atoms with Gasteiger partial charge in [0.05, 0.1) is 11.8 Å². The Bertz CT molecular complexity index is 650. The molecule has 4 rings (SSSR count). The van der Waals surface area contributed by atoms with Gasteiger partial charge in [0.2, 0.25) is 5.91 Å². The third-order valence-electron chi connectivity index (χ3n) is 4.93. The van der Waals surface area contributed by atoms with Crippen LogP contribution in [0, 0.1) is 11.3 Å². The zero-order valence-electron chi connectivity index (χ0n) is 13.1. The van der Waals surface area contributed by atoms with Crippen LogP contribution in [0.15, 0.2) is 5.16 Å². The number of nitrogens with one attached hydrogen (secondary N) is 1. The van der Waals surface area contributed by atoms with Gasteiger partial charge in [0.15, 0.2) is 5.16 Å². The van der Waals surface area contributed by atoms with Crippen LogP contribution in [0.25, 0.3) is 0 Å². The molecule has 0 aliphatic heterocycles. The van der Waals surface area contributed by atoms with E-state index in [2.05, 4.69) is 26.2 Å². The Hall–Kier alpha value is -1.55. The molecule has 6 nitrogen and oxygen atoms in total. The highest BCUT2D eigenvalue weighted by Crippen LogP contribution is 2.46. The Kier molecular flexibility index (Phi) is 3.80. The minimum absolute atomic E-state index is 0.0724. The summed E-state index contributed by atoms with van der Waals surface area (Å²) in [5.74, 6) is 1.92. The summed E-state index contributed by atoms with van der Waals surface area (Å²) in [5.41, 5.74) is -0.638. The molecule has 3 saturated carbocycles. The second-order valence-electron chi connectivity index (χ2n) is 6.95. The lowest BCUT2D eigenvalue weighted by molar-refractivity contribution is -0.119. The zero-order valence-corrected chi connectivity index (χ0v) is 13.9. The topological polar surface area (TPSA) is 83.6 Å². The van der Waals surface area contributed by atoms with Crippen molar-refractivity contribution in [1.82, 2.24) is 20.1 Å². The molecule has 0 spiro atoms. The first kappa shape index (κ1) is 15.0. The summed E-state index contributed by atoms with van der Waals surface area (Å²) in [5, 5.41) is 21.8. The summed E-state index contributed by atoms with van der Waals surface area (Å²) < 4.78 is 2.26. The third kappa shape index (κ3) is 3.09. The van der Waals surface area contributed by atoms with Crippen LogP contribution in [0.1, 0.15) is 69.2 Å². The van der Waals surface area contributed by atoms with Gasteiger partial charge >= 0.3 is 0 Å². The van der Waals surface area contributed by atoms with Crippen molar-refractivity contribution in [2.24, 2.45) is 0 Å². The first-order chi connectivity index (χ1) is 11.2. The Morgan fingerprint density at radius 3 is 2.65 bits per heavy atom. The first-order valence-corrected chi connectivity index (χ1v) is 9.49. The SMILES string of the molecule is N#CC1(NC(=O)CSc2nnc(C3CC3)n2C2CC2)CCCC1. The maximum absolute atomic E-state index is 12.2. The highest BCUT2D eigenvalue weighted by molar-refractivity contribution is 7.99. The largest absolute Gasteiger partial charge is 0.337 e. The molecule has 1 aromatic rings. The van der Waals surface area contributed by atoms with Crippen LogP contribution in [0.5, 0.6) is 0 Å². The van der Waals surface area contributed by atoms with Crippen molar-refractivity contribution >= 4 is 17.7 Å². The number of amides is 1. The third-order valence-corrected chi connectivity index (χ3v) is 5.87. The van der Waals surface area contributed by atoms with Gasteiger partial charge in [-0.05, 0) is 51.4 Å². The van der Waals surface area contributed by atoms with E-state index in [9.17, 15) is 10.1 Å². The lowest BCUT2D eigenvalue weighted by Gasteiger charge is -2.21. The molecule has 0 bridgehead atoms. The molecule has 3 aliphatic carbocycles. The van der Waals surface area contributed by atoms with Crippen molar-refractivity contribution in [3.8, 4) is 6.07 Å². The lowest BCUT2D eigenvalue weighted by atomic mass is 10.0. The molecule has 1 amide bonds. The minimum atomic E-state index is -0.638. The summed E-state index contributed by atoms with van der Waals surface area (Å²) in [6, 6.07) is 2.83. The number of carbonyl (C=O) groups excluding carboxylic acids is 1. The van der Waals surface area contributed by atoms with E-state index in [0.29, 0.717) is 17.7 Å². The van der Waals surface area contributed by atoms with E-state index in [1.54, 1.807) is 0 Å². The predicted octanol–water partition coefficient (Wildman–Crippen LogP) is 2.54. The number of hydrogen-bond acceptors (Lipinski definition) is 5. The summed E-state index contributed by atoms with van der Waals surface area (Å²) >= 11 is 1.45.